The zero-order valence-electron chi connectivity index (χ0n) is 55.1. The number of nitrogens with two attached hydrogens (primary N) is 1. The van der Waals surface area contributed by atoms with E-state index in [1.165, 1.54) is 38.5 Å². The molecule has 4 rings (SSSR count). The predicted octanol–water partition coefficient (Wildman–Crippen LogP) is 17.8. The van der Waals surface area contributed by atoms with Gasteiger partial charge in [-0.3, -0.25) is 10.1 Å². The summed E-state index contributed by atoms with van der Waals surface area (Å²) in [6.45, 7) is 55.4. The van der Waals surface area contributed by atoms with Crippen molar-refractivity contribution in [1.82, 2.24) is 0 Å². The summed E-state index contributed by atoms with van der Waals surface area (Å²) in [5.74, 6) is 1.57. The Balaban J connectivity index is 0.00000103. The van der Waals surface area contributed by atoms with E-state index in [1.807, 2.05) is 79.7 Å². The van der Waals surface area contributed by atoms with Crippen LogP contribution in [-0.2, 0) is 62.3 Å². The van der Waals surface area contributed by atoms with Crippen molar-refractivity contribution >= 4 is 29.8 Å². The molecule has 0 aliphatic rings. The number of carbonyl (C=O) groups is 3. The topological polar surface area (TPSA) is 205 Å². The van der Waals surface area contributed by atoms with Gasteiger partial charge in [0, 0.05) is 47.2 Å². The maximum absolute atomic E-state index is 11.4. The third-order valence-electron chi connectivity index (χ3n) is 12.5. The third kappa shape index (κ3) is 24.7. The fourth-order valence-corrected chi connectivity index (χ4v) is 7.78. The number of rotatable bonds is 6. The summed E-state index contributed by atoms with van der Waals surface area (Å²) < 4.78 is 34.0. The summed E-state index contributed by atoms with van der Waals surface area (Å²) in [6, 6.07) is 18.7. The average molecular weight is 1130 g/mol. The summed E-state index contributed by atoms with van der Waals surface area (Å²) in [4.78, 5) is 45.0. The van der Waals surface area contributed by atoms with Crippen LogP contribution in [0.3, 0.4) is 0 Å². The van der Waals surface area contributed by atoms with Gasteiger partial charge < -0.3 is 44.0 Å². The molecule has 0 saturated heterocycles. The monoisotopic (exact) mass is 1130 g/mol. The van der Waals surface area contributed by atoms with E-state index in [0.717, 1.165) is 35.5 Å². The Morgan fingerprint density at radius 1 is 0.432 bits per heavy atom. The minimum Gasteiger partial charge on any atom is -0.508 e. The molecule has 15 heteroatoms. The molecular weight excluding hydrogens is 1030 g/mol. The summed E-state index contributed by atoms with van der Waals surface area (Å²) in [5.41, 5.74) is 13.5. The predicted molar refractivity (Wildman–Crippen MR) is 329 cm³/mol. The van der Waals surface area contributed by atoms with E-state index < -0.39 is 28.8 Å². The first-order valence-electron chi connectivity index (χ1n) is 27.6. The van der Waals surface area contributed by atoms with Crippen molar-refractivity contribution < 1.29 is 57.6 Å². The summed E-state index contributed by atoms with van der Waals surface area (Å²) in [5, 5.41) is 21.2. The highest BCUT2D eigenvalue weighted by Gasteiger charge is 2.33. The maximum atomic E-state index is 11.4. The van der Waals surface area contributed by atoms with Crippen LogP contribution in [-0.4, -0.2) is 63.0 Å². The highest BCUT2D eigenvalue weighted by atomic mass is 16.7. The van der Waals surface area contributed by atoms with Crippen LogP contribution in [0.15, 0.2) is 60.7 Å². The van der Waals surface area contributed by atoms with E-state index in [2.05, 4.69) is 151 Å². The molecule has 4 aromatic rings. The molecule has 81 heavy (non-hydrogen) atoms. The zero-order valence-corrected chi connectivity index (χ0v) is 55.1. The van der Waals surface area contributed by atoms with Crippen LogP contribution in [0, 0.1) is 10.1 Å². The van der Waals surface area contributed by atoms with Crippen LogP contribution in [0.2, 0.25) is 0 Å². The number of carbonyl (C=O) groups excluding carboxylic acids is 3. The van der Waals surface area contributed by atoms with Crippen LogP contribution in [0.5, 0.6) is 23.0 Å². The number of methoxy groups -OCH3 is 3. The van der Waals surface area contributed by atoms with Gasteiger partial charge in [-0.05, 0) is 104 Å². The number of phenols is 1. The number of hydrogen-bond acceptors (Lipinski definition) is 14. The van der Waals surface area contributed by atoms with E-state index in [1.54, 1.807) is 18.2 Å². The highest BCUT2D eigenvalue weighted by Crippen LogP contribution is 2.43. The maximum Gasteiger partial charge on any atom is 0.513 e. The number of hydrogen-bond donors (Lipinski definition) is 2. The molecule has 456 valence electrons. The SMILES string of the molecule is CC(C)(C)c1ccc(O)c(C(C)(C)C)c1.CCOCC.COC(=O)Oc1cc(N)c(C(C)(C)C)cc1C(C)(C)C.COC(=O)Oc1cc([N+](=O)[O-])c(C(C)(C)C)cc1C(C)(C)C.COC(=O)Oc1ccc(C(C)(C)C)cc1C(C)(C)C. The Bertz CT molecular complexity index is 2700. The smallest absolute Gasteiger partial charge is 0.508 e. The Morgan fingerprint density at radius 3 is 1.05 bits per heavy atom. The van der Waals surface area contributed by atoms with Crippen molar-refractivity contribution in [3.05, 3.63) is 115 Å². The molecule has 0 aromatic heterocycles. The van der Waals surface area contributed by atoms with Crippen molar-refractivity contribution in [2.75, 3.05) is 40.3 Å². The molecule has 0 aliphatic carbocycles. The van der Waals surface area contributed by atoms with Gasteiger partial charge in [0.2, 0.25) is 0 Å². The van der Waals surface area contributed by atoms with Crippen molar-refractivity contribution in [3.63, 3.8) is 0 Å². The van der Waals surface area contributed by atoms with Crippen molar-refractivity contribution in [1.29, 1.82) is 0 Å². The van der Waals surface area contributed by atoms with E-state index in [9.17, 15) is 29.6 Å². The molecule has 0 saturated carbocycles. The van der Waals surface area contributed by atoms with Gasteiger partial charge in [-0.15, -0.1) is 0 Å². The molecule has 4 aromatic carbocycles. The standard InChI is InChI=1S/C16H23NO5.C16H25NO3.C16H24O3.C14H22O.C4H10O/c1-15(2,3)10-8-11(16(4,5)6)13(22-14(18)21-7)9-12(10)17(19)20;1-15(2,3)10-8-11(16(4,5)6)13(9-12(10)17)20-14(18)19-7;1-15(2,3)11-8-9-13(19-14(17)18-7)12(10-11)16(4,5)6;1-13(2,3)10-7-8-12(15)11(9-10)14(4,5)6;1-3-5-4-2/h8-9H,1-7H3;8-9H,17H2,1-7H3;8-10H,1-7H3;7-9,15H,1-6H3;3-4H2,1-2H3. The van der Waals surface area contributed by atoms with Gasteiger partial charge in [-0.2, -0.15) is 0 Å². The normalized spacial score (nSPS) is 12.0. The second-order valence-electron chi connectivity index (χ2n) is 28.0. The average Bonchev–Trinajstić information content (AvgIpc) is 3.29. The van der Waals surface area contributed by atoms with Gasteiger partial charge in [0.05, 0.1) is 32.3 Å². The Labute approximate surface area is 487 Å². The first-order chi connectivity index (χ1) is 36.4. The summed E-state index contributed by atoms with van der Waals surface area (Å²) in [7, 11) is 3.78. The van der Waals surface area contributed by atoms with E-state index in [-0.39, 0.29) is 49.3 Å². The molecule has 0 unspecified atom stereocenters. The molecule has 3 N–H and O–H groups in total. The second-order valence-corrected chi connectivity index (χ2v) is 28.0. The van der Waals surface area contributed by atoms with Gasteiger partial charge in [-0.1, -0.05) is 190 Å². The van der Waals surface area contributed by atoms with E-state index >= 15 is 0 Å². The number of nitro groups is 1. The number of anilines is 1. The fraction of sp³-hybridized carbons (Fsp3) is 0.591. The number of aromatic hydroxyl groups is 1. The Morgan fingerprint density at radius 2 is 0.741 bits per heavy atom. The lowest BCUT2D eigenvalue weighted by Crippen LogP contribution is -2.20. The fourth-order valence-electron chi connectivity index (χ4n) is 7.78. The number of nitrogen functional groups attached to an aromatic ring is 1. The largest absolute Gasteiger partial charge is 0.513 e. The van der Waals surface area contributed by atoms with Gasteiger partial charge in [0.1, 0.15) is 23.0 Å². The van der Waals surface area contributed by atoms with Crippen LogP contribution >= 0.6 is 0 Å². The number of nitro benzene ring substituents is 1. The minimum absolute atomic E-state index is 0.00859. The minimum atomic E-state index is -0.900. The first-order valence-corrected chi connectivity index (χ1v) is 27.6. The number of phenolic OH excluding ortho intramolecular Hbond substituents is 1. The molecule has 0 spiro atoms. The summed E-state index contributed by atoms with van der Waals surface area (Å²) in [6.07, 6.45) is -2.32. The van der Waals surface area contributed by atoms with Crippen molar-refractivity contribution in [2.24, 2.45) is 0 Å². The number of ether oxygens (including phenoxy) is 7. The summed E-state index contributed by atoms with van der Waals surface area (Å²) >= 11 is 0. The van der Waals surface area contributed by atoms with Crippen LogP contribution in [0.1, 0.15) is 225 Å². The third-order valence-corrected chi connectivity index (χ3v) is 12.5. The van der Waals surface area contributed by atoms with Gasteiger partial charge in [0.25, 0.3) is 5.69 Å². The molecule has 0 aliphatic heterocycles. The molecule has 15 nitrogen and oxygen atoms in total. The zero-order chi connectivity index (χ0) is 63.8. The Hall–Kier alpha value is -6.35. The first kappa shape index (κ1) is 74.7. The lowest BCUT2D eigenvalue weighted by atomic mass is 9.79. The second kappa shape index (κ2) is 29.6. The lowest BCUT2D eigenvalue weighted by molar-refractivity contribution is -0.386. The van der Waals surface area contributed by atoms with Gasteiger partial charge in [0.15, 0.2) is 0 Å². The molecule has 0 heterocycles. The lowest BCUT2D eigenvalue weighted by Gasteiger charge is -2.28. The van der Waals surface area contributed by atoms with Crippen LogP contribution < -0.4 is 19.9 Å². The van der Waals surface area contributed by atoms with Crippen molar-refractivity contribution in [2.45, 2.75) is 223 Å². The number of benzene rings is 4. The van der Waals surface area contributed by atoms with Gasteiger partial charge >= 0.3 is 18.5 Å². The molecule has 0 fully saturated rings. The van der Waals surface area contributed by atoms with Crippen LogP contribution in [0.4, 0.5) is 25.8 Å². The molecule has 0 bridgehead atoms. The van der Waals surface area contributed by atoms with E-state index in [0.29, 0.717) is 34.1 Å². The molecular formula is C66H104N2O13. The van der Waals surface area contributed by atoms with Gasteiger partial charge in [-0.25, -0.2) is 14.4 Å². The molecule has 0 atom stereocenters. The quantitative estimate of drug-likeness (QED) is 0.0460. The molecule has 0 radical (unpaired) electrons. The number of nitrogens with zero attached hydrogens (tertiary/aromatic N) is 1. The van der Waals surface area contributed by atoms with Crippen LogP contribution in [0.25, 0.3) is 0 Å². The van der Waals surface area contributed by atoms with E-state index in [4.69, 9.17) is 24.7 Å². The van der Waals surface area contributed by atoms with Crippen molar-refractivity contribution in [3.8, 4) is 23.0 Å². The molecule has 0 amide bonds. The highest BCUT2D eigenvalue weighted by molar-refractivity contribution is 5.69. The Kier molecular flexibility index (Phi) is 27.3.